The second-order valence-corrected chi connectivity index (χ2v) is 6.19. The number of hydrogen-bond donors (Lipinski definition) is 2. The average molecular weight is 449 g/mol. The molecule has 32 heavy (non-hydrogen) atoms. The first-order valence-electron chi connectivity index (χ1n) is 9.48. The van der Waals surface area contributed by atoms with Crippen molar-refractivity contribution in [3.63, 3.8) is 0 Å². The van der Waals surface area contributed by atoms with E-state index in [1.165, 1.54) is 50.6 Å². The quantitative estimate of drug-likeness (QED) is 0.579. The molecule has 2 aromatic heterocycles. The van der Waals surface area contributed by atoms with Crippen LogP contribution < -0.4 is 11.1 Å². The molecule has 0 radical (unpaired) electrons. The summed E-state index contributed by atoms with van der Waals surface area (Å²) in [7, 11) is 2.58. The number of pyridine rings is 1. The van der Waals surface area contributed by atoms with Gasteiger partial charge in [0.2, 0.25) is 0 Å². The summed E-state index contributed by atoms with van der Waals surface area (Å²) in [6, 6.07) is 9.56. The smallest absolute Gasteiger partial charge is 0.435 e. The van der Waals surface area contributed by atoms with E-state index in [1.54, 1.807) is 0 Å². The van der Waals surface area contributed by atoms with Gasteiger partial charge in [-0.25, -0.2) is 9.78 Å². The van der Waals surface area contributed by atoms with Crippen LogP contribution in [0.3, 0.4) is 0 Å². The van der Waals surface area contributed by atoms with E-state index in [1.807, 2.05) is 13.8 Å². The Morgan fingerprint density at radius 2 is 1.75 bits per heavy atom. The van der Waals surface area contributed by atoms with E-state index in [4.69, 9.17) is 5.73 Å². The summed E-state index contributed by atoms with van der Waals surface area (Å²) >= 11 is 0. The lowest BCUT2D eigenvalue weighted by molar-refractivity contribution is -0.141. The maximum absolute atomic E-state index is 12.9. The Kier molecular flexibility index (Phi) is 7.58. The second-order valence-electron chi connectivity index (χ2n) is 6.19. The van der Waals surface area contributed by atoms with Gasteiger partial charge in [0.15, 0.2) is 5.69 Å². The minimum absolute atomic E-state index is 0.0861. The third-order valence-corrected chi connectivity index (χ3v) is 4.16. The van der Waals surface area contributed by atoms with Crippen LogP contribution in [0.15, 0.2) is 42.5 Å². The van der Waals surface area contributed by atoms with Crippen molar-refractivity contribution >= 4 is 23.5 Å². The van der Waals surface area contributed by atoms with Gasteiger partial charge in [0.05, 0.1) is 18.4 Å². The van der Waals surface area contributed by atoms with Crippen molar-refractivity contribution in [2.24, 2.45) is 7.05 Å². The summed E-state index contributed by atoms with van der Waals surface area (Å²) in [6.07, 6.45) is -4.59. The highest BCUT2D eigenvalue weighted by Gasteiger charge is 2.35. The molecule has 3 rings (SSSR count). The number of nitrogens with zero attached hydrogens (tertiary/aromatic N) is 3. The van der Waals surface area contributed by atoms with E-state index >= 15 is 0 Å². The molecule has 11 heteroatoms. The van der Waals surface area contributed by atoms with Crippen molar-refractivity contribution in [2.75, 3.05) is 18.2 Å². The Balaban J connectivity index is 0.00000176. The molecular weight excluding hydrogens is 427 g/mol. The fourth-order valence-corrected chi connectivity index (χ4v) is 2.71. The van der Waals surface area contributed by atoms with Crippen LogP contribution in [0.1, 0.15) is 40.3 Å². The lowest BCUT2D eigenvalue weighted by Crippen LogP contribution is -2.14. The molecule has 3 N–H and O–H groups in total. The standard InChI is InChI=1S/C19H16F3N5O3.C2H6/c1-27-13(9-14(26-27)19(20,21)22)12-6-7-15(24-16(12)23)25-17(28)10-4-3-5-11(8-10)18(29)30-2;1-2/h3-9H,1-2H3,(H3,23,24,25,28);1-2H3. The first kappa shape index (κ1) is 24.4. The largest absolute Gasteiger partial charge is 0.465 e. The fraction of sp³-hybridized carbons (Fsp3) is 0.238. The molecule has 1 aromatic carbocycles. The molecule has 3 aromatic rings. The molecule has 1 amide bonds. The zero-order valence-electron chi connectivity index (χ0n) is 17.8. The zero-order chi connectivity index (χ0) is 24.1. The number of nitrogens with one attached hydrogen (secondary N) is 1. The van der Waals surface area contributed by atoms with Crippen LogP contribution in [0.2, 0.25) is 0 Å². The number of hydrogen-bond acceptors (Lipinski definition) is 6. The van der Waals surface area contributed by atoms with E-state index in [-0.39, 0.29) is 34.0 Å². The predicted molar refractivity (Wildman–Crippen MR) is 113 cm³/mol. The summed E-state index contributed by atoms with van der Waals surface area (Å²) in [5, 5.41) is 5.96. The number of carbonyl (C=O) groups excluding carboxylic acids is 2. The van der Waals surface area contributed by atoms with Crippen molar-refractivity contribution in [3.8, 4) is 11.3 Å². The maximum Gasteiger partial charge on any atom is 0.435 e. The SMILES string of the molecule is CC.COC(=O)c1cccc(C(=O)Nc2ccc(-c3cc(C(F)(F)F)nn3C)c(N)n2)c1. The number of rotatable bonds is 4. The number of amides is 1. The van der Waals surface area contributed by atoms with Crippen LogP contribution in [-0.2, 0) is 18.0 Å². The monoisotopic (exact) mass is 449 g/mol. The predicted octanol–water partition coefficient (Wildman–Crippen LogP) is 4.15. The molecule has 0 atom stereocenters. The molecule has 2 heterocycles. The third kappa shape index (κ3) is 5.42. The van der Waals surface area contributed by atoms with Crippen molar-refractivity contribution in [1.29, 1.82) is 0 Å². The number of halogens is 3. The van der Waals surface area contributed by atoms with Crippen molar-refractivity contribution in [3.05, 3.63) is 59.3 Å². The summed E-state index contributed by atoms with van der Waals surface area (Å²) in [5.41, 5.74) is 5.57. The number of ether oxygens (including phenoxy) is 1. The number of esters is 1. The van der Waals surface area contributed by atoms with Gasteiger partial charge in [-0.15, -0.1) is 0 Å². The molecule has 0 aliphatic rings. The molecular formula is C21H22F3N5O3. The van der Waals surface area contributed by atoms with Crippen LogP contribution in [0.4, 0.5) is 24.8 Å². The molecule has 0 unspecified atom stereocenters. The first-order chi connectivity index (χ1) is 15.1. The minimum Gasteiger partial charge on any atom is -0.465 e. The average Bonchev–Trinajstić information content (AvgIpc) is 3.16. The summed E-state index contributed by atoms with van der Waals surface area (Å²) in [5.74, 6) is -1.15. The van der Waals surface area contributed by atoms with Gasteiger partial charge in [0.25, 0.3) is 5.91 Å². The van der Waals surface area contributed by atoms with Gasteiger partial charge >= 0.3 is 12.1 Å². The van der Waals surface area contributed by atoms with Crippen LogP contribution >= 0.6 is 0 Å². The number of alkyl halides is 3. The van der Waals surface area contributed by atoms with Gasteiger partial charge in [0, 0.05) is 18.2 Å². The number of nitrogens with two attached hydrogens (primary N) is 1. The highest BCUT2D eigenvalue weighted by molar-refractivity contribution is 6.05. The zero-order valence-corrected chi connectivity index (χ0v) is 17.8. The first-order valence-corrected chi connectivity index (χ1v) is 9.48. The van der Waals surface area contributed by atoms with E-state index in [0.717, 1.165) is 10.7 Å². The number of aryl methyl sites for hydroxylation is 1. The molecule has 0 bridgehead atoms. The fourth-order valence-electron chi connectivity index (χ4n) is 2.71. The Bertz CT molecular complexity index is 1130. The van der Waals surface area contributed by atoms with Crippen molar-refractivity contribution in [2.45, 2.75) is 20.0 Å². The van der Waals surface area contributed by atoms with Gasteiger partial charge in [-0.05, 0) is 36.4 Å². The van der Waals surface area contributed by atoms with Crippen LogP contribution in [0, 0.1) is 0 Å². The van der Waals surface area contributed by atoms with E-state index in [0.29, 0.717) is 0 Å². The van der Waals surface area contributed by atoms with Gasteiger partial charge in [-0.1, -0.05) is 19.9 Å². The minimum atomic E-state index is -4.59. The highest BCUT2D eigenvalue weighted by atomic mass is 19.4. The molecule has 0 aliphatic heterocycles. The Morgan fingerprint density at radius 1 is 1.09 bits per heavy atom. The van der Waals surface area contributed by atoms with Crippen LogP contribution in [-0.4, -0.2) is 33.8 Å². The van der Waals surface area contributed by atoms with Gasteiger partial charge in [-0.3, -0.25) is 9.48 Å². The number of carbonyl (C=O) groups is 2. The van der Waals surface area contributed by atoms with Crippen molar-refractivity contribution < 1.29 is 27.5 Å². The normalized spacial score (nSPS) is 10.7. The number of anilines is 2. The molecule has 0 fully saturated rings. The van der Waals surface area contributed by atoms with Crippen LogP contribution in [0.25, 0.3) is 11.3 Å². The Hall–Kier alpha value is -3.89. The van der Waals surface area contributed by atoms with Gasteiger partial charge < -0.3 is 15.8 Å². The second kappa shape index (κ2) is 9.94. The molecule has 8 nitrogen and oxygen atoms in total. The number of nitrogen functional groups attached to an aromatic ring is 1. The topological polar surface area (TPSA) is 112 Å². The number of methoxy groups -OCH3 is 1. The van der Waals surface area contributed by atoms with Gasteiger partial charge in [-0.2, -0.15) is 18.3 Å². The summed E-state index contributed by atoms with van der Waals surface area (Å²) in [6.45, 7) is 4.00. The molecule has 170 valence electrons. The third-order valence-electron chi connectivity index (χ3n) is 4.16. The highest BCUT2D eigenvalue weighted by Crippen LogP contribution is 2.33. The molecule has 0 saturated carbocycles. The molecule has 0 aliphatic carbocycles. The van der Waals surface area contributed by atoms with Crippen molar-refractivity contribution in [1.82, 2.24) is 14.8 Å². The van der Waals surface area contributed by atoms with E-state index < -0.39 is 23.7 Å². The van der Waals surface area contributed by atoms with Crippen LogP contribution in [0.5, 0.6) is 0 Å². The summed E-state index contributed by atoms with van der Waals surface area (Å²) < 4.78 is 44.3. The molecule has 0 spiro atoms. The Morgan fingerprint density at radius 3 is 2.31 bits per heavy atom. The Labute approximate surface area is 182 Å². The van der Waals surface area contributed by atoms with E-state index in [2.05, 4.69) is 20.1 Å². The van der Waals surface area contributed by atoms with E-state index in [9.17, 15) is 22.8 Å². The lowest BCUT2D eigenvalue weighted by Gasteiger charge is -2.09. The maximum atomic E-state index is 12.9. The van der Waals surface area contributed by atoms with Gasteiger partial charge in [0.1, 0.15) is 11.6 Å². The summed E-state index contributed by atoms with van der Waals surface area (Å²) in [4.78, 5) is 28.1. The molecule has 0 saturated heterocycles. The number of benzene rings is 1. The number of aromatic nitrogens is 3. The lowest BCUT2D eigenvalue weighted by atomic mass is 10.1.